The van der Waals surface area contributed by atoms with E-state index in [-0.39, 0.29) is 29.1 Å². The normalized spacial score (nSPS) is 15.4. The van der Waals surface area contributed by atoms with Gasteiger partial charge in [0.25, 0.3) is 0 Å². The van der Waals surface area contributed by atoms with Crippen molar-refractivity contribution in [3.8, 4) is 17.0 Å². The maximum Gasteiger partial charge on any atom is 0.329 e. The maximum absolute atomic E-state index is 13.2. The summed E-state index contributed by atoms with van der Waals surface area (Å²) in [6, 6.07) is 4.10. The highest BCUT2D eigenvalue weighted by Gasteiger charge is 2.26. The van der Waals surface area contributed by atoms with Crippen LogP contribution in [0.4, 0.5) is 9.18 Å². The average Bonchev–Trinajstić information content (AvgIpc) is 3.14. The lowest BCUT2D eigenvalue weighted by molar-refractivity contribution is 0.135. The molecule has 0 radical (unpaired) electrons. The van der Waals surface area contributed by atoms with Gasteiger partial charge in [0.1, 0.15) is 6.33 Å². The molecule has 0 saturated carbocycles. The van der Waals surface area contributed by atoms with E-state index >= 15 is 0 Å². The van der Waals surface area contributed by atoms with Gasteiger partial charge >= 0.3 is 6.03 Å². The van der Waals surface area contributed by atoms with E-state index in [9.17, 15) is 14.3 Å². The molecule has 2 aromatic rings. The minimum absolute atomic E-state index is 0. The summed E-state index contributed by atoms with van der Waals surface area (Å²) in [6.07, 6.45) is 6.15. The first-order valence-corrected chi connectivity index (χ1v) is 9.02. The van der Waals surface area contributed by atoms with Crippen LogP contribution in [0, 0.1) is 5.82 Å². The number of nitrogens with zero attached hydrogens (tertiary/aromatic N) is 4. The number of amides is 1. The van der Waals surface area contributed by atoms with Crippen LogP contribution in [0.3, 0.4) is 0 Å². The fourth-order valence-corrected chi connectivity index (χ4v) is 3.43. The van der Waals surface area contributed by atoms with Crippen LogP contribution in [0.25, 0.3) is 11.3 Å². The first-order chi connectivity index (χ1) is 12.5. The van der Waals surface area contributed by atoms with Crippen molar-refractivity contribution in [2.24, 2.45) is 0 Å². The van der Waals surface area contributed by atoms with Crippen LogP contribution in [0.1, 0.15) is 26.2 Å². The number of hydrogen-bond donors (Lipinski definition) is 1. The van der Waals surface area contributed by atoms with Crippen LogP contribution in [0.15, 0.2) is 30.7 Å². The molecule has 27 heavy (non-hydrogen) atoms. The first kappa shape index (κ1) is 21.4. The molecule has 8 heteroatoms. The van der Waals surface area contributed by atoms with Crippen molar-refractivity contribution in [1.29, 1.82) is 0 Å². The molecule has 0 aliphatic carbocycles. The summed E-state index contributed by atoms with van der Waals surface area (Å²) in [7, 11) is 1.83. The van der Waals surface area contributed by atoms with Crippen molar-refractivity contribution in [2.75, 3.05) is 26.7 Å². The number of piperidine rings is 1. The van der Waals surface area contributed by atoms with E-state index in [0.29, 0.717) is 11.3 Å². The minimum atomic E-state index is -0.682. The van der Waals surface area contributed by atoms with Crippen LogP contribution in [-0.2, 0) is 0 Å². The van der Waals surface area contributed by atoms with Gasteiger partial charge < -0.3 is 14.9 Å². The van der Waals surface area contributed by atoms with Gasteiger partial charge in [-0.3, -0.25) is 4.57 Å². The number of imidazole rings is 1. The number of aromatic nitrogens is 2. The Hall–Kier alpha value is -1.93. The van der Waals surface area contributed by atoms with Gasteiger partial charge in [-0.1, -0.05) is 6.92 Å². The molecule has 2 heterocycles. The molecule has 1 saturated heterocycles. The lowest BCUT2D eigenvalue weighted by Crippen LogP contribution is -2.46. The zero-order valence-corrected chi connectivity index (χ0v) is 17.4. The average molecular weight is 441 g/mol. The number of benzene rings is 1. The van der Waals surface area contributed by atoms with Crippen LogP contribution < -0.4 is 0 Å². The summed E-state index contributed by atoms with van der Waals surface area (Å²) >= 11 is 0. The SMILES string of the molecule is Br.CCCN1CCC(N(C)C(=O)n2cnc(-c3ccc(F)c(O)c3)c2)CC1. The molecular weight excluding hydrogens is 415 g/mol. The van der Waals surface area contributed by atoms with Gasteiger partial charge in [0.05, 0.1) is 5.69 Å². The van der Waals surface area contributed by atoms with E-state index in [2.05, 4.69) is 16.8 Å². The number of phenols is 1. The fourth-order valence-electron chi connectivity index (χ4n) is 3.43. The third kappa shape index (κ3) is 4.87. The predicted molar refractivity (Wildman–Crippen MR) is 108 cm³/mol. The molecule has 0 spiro atoms. The number of aromatic hydroxyl groups is 1. The van der Waals surface area contributed by atoms with Gasteiger partial charge in [0.2, 0.25) is 0 Å². The quantitative estimate of drug-likeness (QED) is 0.786. The molecule has 1 amide bonds. The largest absolute Gasteiger partial charge is 0.505 e. The lowest BCUT2D eigenvalue weighted by Gasteiger charge is -2.36. The topological polar surface area (TPSA) is 61.6 Å². The smallest absolute Gasteiger partial charge is 0.329 e. The predicted octanol–water partition coefficient (Wildman–Crippen LogP) is 3.75. The Bertz CT molecular complexity index is 775. The van der Waals surface area contributed by atoms with E-state index in [1.165, 1.54) is 29.1 Å². The van der Waals surface area contributed by atoms with Gasteiger partial charge in [-0.25, -0.2) is 14.2 Å². The van der Waals surface area contributed by atoms with E-state index in [4.69, 9.17) is 0 Å². The molecule has 1 aliphatic rings. The Balaban J connectivity index is 0.00000261. The van der Waals surface area contributed by atoms with E-state index in [0.717, 1.165) is 38.9 Å². The summed E-state index contributed by atoms with van der Waals surface area (Å²) in [5.74, 6) is -1.11. The van der Waals surface area contributed by atoms with Gasteiger partial charge in [-0.15, -0.1) is 17.0 Å². The molecule has 0 bridgehead atoms. The third-order valence-corrected chi connectivity index (χ3v) is 4.99. The van der Waals surface area contributed by atoms with Crippen LogP contribution in [-0.4, -0.2) is 63.2 Å². The second-order valence-electron chi connectivity index (χ2n) is 6.80. The van der Waals surface area contributed by atoms with Crippen molar-refractivity contribution < 1.29 is 14.3 Å². The van der Waals surface area contributed by atoms with E-state index in [1.807, 2.05) is 7.05 Å². The molecule has 1 aliphatic heterocycles. The highest BCUT2D eigenvalue weighted by Crippen LogP contribution is 2.24. The highest BCUT2D eigenvalue weighted by molar-refractivity contribution is 8.93. The summed E-state index contributed by atoms with van der Waals surface area (Å²) < 4.78 is 14.6. The van der Waals surface area contributed by atoms with Crippen LogP contribution in [0.5, 0.6) is 5.75 Å². The number of likely N-dealkylation sites (tertiary alicyclic amines) is 1. The van der Waals surface area contributed by atoms with Gasteiger partial charge in [0, 0.05) is 37.9 Å². The highest BCUT2D eigenvalue weighted by atomic mass is 79.9. The van der Waals surface area contributed by atoms with Crippen molar-refractivity contribution in [1.82, 2.24) is 19.4 Å². The van der Waals surface area contributed by atoms with Gasteiger partial charge in [-0.2, -0.15) is 0 Å². The second-order valence-corrected chi connectivity index (χ2v) is 6.80. The van der Waals surface area contributed by atoms with Gasteiger partial charge in [0.15, 0.2) is 11.6 Å². The molecule has 6 nitrogen and oxygen atoms in total. The second kappa shape index (κ2) is 9.32. The van der Waals surface area contributed by atoms with Crippen molar-refractivity contribution >= 4 is 23.0 Å². The molecule has 0 atom stereocenters. The van der Waals surface area contributed by atoms with Crippen molar-refractivity contribution in [3.05, 3.63) is 36.5 Å². The van der Waals surface area contributed by atoms with Gasteiger partial charge in [-0.05, 0) is 44.0 Å². The zero-order chi connectivity index (χ0) is 18.7. The Morgan fingerprint density at radius 1 is 1.37 bits per heavy atom. The number of rotatable bonds is 4. The monoisotopic (exact) mass is 440 g/mol. The lowest BCUT2D eigenvalue weighted by atomic mass is 10.0. The first-order valence-electron chi connectivity index (χ1n) is 9.02. The minimum Gasteiger partial charge on any atom is -0.505 e. The maximum atomic E-state index is 13.2. The molecule has 1 aromatic carbocycles. The Morgan fingerprint density at radius 2 is 2.07 bits per heavy atom. The van der Waals surface area contributed by atoms with Crippen molar-refractivity contribution in [2.45, 2.75) is 32.2 Å². The zero-order valence-electron chi connectivity index (χ0n) is 15.6. The molecule has 0 unspecified atom stereocenters. The van der Waals surface area contributed by atoms with E-state index in [1.54, 1.807) is 11.1 Å². The van der Waals surface area contributed by atoms with Crippen LogP contribution in [0.2, 0.25) is 0 Å². The molecule has 1 N–H and O–H groups in total. The summed E-state index contributed by atoms with van der Waals surface area (Å²) in [5.41, 5.74) is 1.07. The molecule has 1 aromatic heterocycles. The third-order valence-electron chi connectivity index (χ3n) is 4.99. The fraction of sp³-hybridized carbons (Fsp3) is 0.474. The Labute approximate surface area is 169 Å². The van der Waals surface area contributed by atoms with Crippen LogP contribution >= 0.6 is 17.0 Å². The van der Waals surface area contributed by atoms with E-state index < -0.39 is 11.6 Å². The summed E-state index contributed by atoms with van der Waals surface area (Å²) in [5, 5.41) is 9.51. The molecule has 148 valence electrons. The Morgan fingerprint density at radius 3 is 2.70 bits per heavy atom. The number of phenolic OH excluding ortho intramolecular Hbond substituents is 1. The molecular formula is C19H26BrFN4O2. The number of hydrogen-bond acceptors (Lipinski definition) is 4. The van der Waals surface area contributed by atoms with Crippen molar-refractivity contribution in [3.63, 3.8) is 0 Å². The summed E-state index contributed by atoms with van der Waals surface area (Å²) in [6.45, 7) is 5.32. The molecule has 3 rings (SSSR count). The number of carbonyl (C=O) groups is 1. The molecule has 1 fully saturated rings. The number of carbonyl (C=O) groups excluding carboxylic acids is 1. The number of halogens is 2. The standard InChI is InChI=1S/C19H25FN4O2.BrH/c1-3-8-23-9-6-15(7-10-23)22(2)19(26)24-12-17(21-13-24)14-4-5-16(20)18(25)11-14;/h4-5,11-13,15,25H,3,6-10H2,1-2H3;1H. The summed E-state index contributed by atoms with van der Waals surface area (Å²) in [4.78, 5) is 21.2. The Kier molecular flexibility index (Phi) is 7.38.